The SMILES string of the molecule is CCOC(=O)C(Cc1ccc(F)c([N+](=O)[O-])c1)C(=O)OCC. The molecule has 1 aromatic rings. The lowest BCUT2D eigenvalue weighted by atomic mass is 9.99. The smallest absolute Gasteiger partial charge is 0.320 e. The van der Waals surface area contributed by atoms with Crippen molar-refractivity contribution in [2.75, 3.05) is 13.2 Å². The molecule has 0 N–H and O–H groups in total. The zero-order valence-corrected chi connectivity index (χ0v) is 12.2. The van der Waals surface area contributed by atoms with Crippen LogP contribution in [0.3, 0.4) is 0 Å². The molecule has 0 radical (unpaired) electrons. The highest BCUT2D eigenvalue weighted by Gasteiger charge is 2.30. The first-order valence-electron chi connectivity index (χ1n) is 6.66. The monoisotopic (exact) mass is 313 g/mol. The summed E-state index contributed by atoms with van der Waals surface area (Å²) in [5.41, 5.74) is -0.455. The zero-order valence-electron chi connectivity index (χ0n) is 12.2. The third-order valence-corrected chi connectivity index (χ3v) is 2.79. The third kappa shape index (κ3) is 4.51. The molecule has 0 amide bonds. The Bertz CT molecular complexity index is 556. The first kappa shape index (κ1) is 17.5. The molecule has 22 heavy (non-hydrogen) atoms. The van der Waals surface area contributed by atoms with Crippen molar-refractivity contribution in [3.8, 4) is 0 Å². The van der Waals surface area contributed by atoms with Gasteiger partial charge in [0.1, 0.15) is 0 Å². The van der Waals surface area contributed by atoms with Crippen LogP contribution in [0.5, 0.6) is 0 Å². The molecule has 0 aromatic heterocycles. The maximum Gasteiger partial charge on any atom is 0.320 e. The van der Waals surface area contributed by atoms with Gasteiger partial charge in [-0.2, -0.15) is 4.39 Å². The number of carbonyl (C=O) groups is 2. The van der Waals surface area contributed by atoms with Crippen LogP contribution in [0.25, 0.3) is 0 Å². The topological polar surface area (TPSA) is 95.7 Å². The minimum atomic E-state index is -1.25. The van der Waals surface area contributed by atoms with Crippen LogP contribution in [0.1, 0.15) is 19.4 Å². The molecule has 0 fully saturated rings. The van der Waals surface area contributed by atoms with Gasteiger partial charge in [-0.3, -0.25) is 19.7 Å². The van der Waals surface area contributed by atoms with Gasteiger partial charge in [-0.15, -0.1) is 0 Å². The number of halogens is 1. The summed E-state index contributed by atoms with van der Waals surface area (Å²) in [5.74, 6) is -3.80. The lowest BCUT2D eigenvalue weighted by molar-refractivity contribution is -0.387. The maximum atomic E-state index is 13.3. The van der Waals surface area contributed by atoms with E-state index in [2.05, 4.69) is 0 Å². The molecule has 7 nitrogen and oxygen atoms in total. The standard InChI is InChI=1S/C14H16FNO6/c1-3-21-13(17)10(14(18)22-4-2)7-9-5-6-11(15)12(8-9)16(19)20/h5-6,8,10H,3-4,7H2,1-2H3. The van der Waals surface area contributed by atoms with Crippen molar-refractivity contribution in [2.45, 2.75) is 20.3 Å². The number of nitrogens with zero attached hydrogens (tertiary/aromatic N) is 1. The molecule has 0 saturated carbocycles. The van der Waals surface area contributed by atoms with Crippen LogP contribution in [0.15, 0.2) is 18.2 Å². The Hall–Kier alpha value is -2.51. The van der Waals surface area contributed by atoms with E-state index in [1.807, 2.05) is 0 Å². The van der Waals surface area contributed by atoms with Crippen LogP contribution in [0.2, 0.25) is 0 Å². The Morgan fingerprint density at radius 2 is 1.77 bits per heavy atom. The van der Waals surface area contributed by atoms with Gasteiger partial charge in [-0.05, 0) is 31.9 Å². The van der Waals surface area contributed by atoms with E-state index in [4.69, 9.17) is 9.47 Å². The largest absolute Gasteiger partial charge is 0.465 e. The fraction of sp³-hybridized carbons (Fsp3) is 0.429. The molecule has 0 aliphatic heterocycles. The number of nitro groups is 1. The second kappa shape index (κ2) is 8.06. The maximum absolute atomic E-state index is 13.3. The van der Waals surface area contributed by atoms with Crippen LogP contribution >= 0.6 is 0 Å². The Labute approximate surface area is 126 Å². The predicted molar refractivity (Wildman–Crippen MR) is 73.5 cm³/mol. The average molecular weight is 313 g/mol. The molecule has 8 heteroatoms. The quantitative estimate of drug-likeness (QED) is 0.331. The van der Waals surface area contributed by atoms with E-state index in [0.29, 0.717) is 0 Å². The van der Waals surface area contributed by atoms with E-state index < -0.39 is 34.3 Å². The van der Waals surface area contributed by atoms with E-state index in [9.17, 15) is 24.1 Å². The number of esters is 2. The summed E-state index contributed by atoms with van der Waals surface area (Å²) in [6.07, 6.45) is -0.168. The molecule has 0 unspecified atom stereocenters. The summed E-state index contributed by atoms with van der Waals surface area (Å²) in [7, 11) is 0. The third-order valence-electron chi connectivity index (χ3n) is 2.79. The van der Waals surface area contributed by atoms with E-state index in [-0.39, 0.29) is 25.2 Å². The predicted octanol–water partition coefficient (Wildman–Crippen LogP) is 2.02. The van der Waals surface area contributed by atoms with E-state index in [1.165, 1.54) is 6.07 Å². The fourth-order valence-electron chi connectivity index (χ4n) is 1.81. The van der Waals surface area contributed by atoms with Crippen molar-refractivity contribution >= 4 is 17.6 Å². The molecule has 0 atom stereocenters. The molecule has 1 rings (SSSR count). The van der Waals surface area contributed by atoms with Gasteiger partial charge in [0, 0.05) is 6.07 Å². The number of hydrogen-bond acceptors (Lipinski definition) is 6. The first-order chi connectivity index (χ1) is 10.4. The first-order valence-corrected chi connectivity index (χ1v) is 6.66. The minimum Gasteiger partial charge on any atom is -0.465 e. The summed E-state index contributed by atoms with van der Waals surface area (Å²) < 4.78 is 22.9. The molecule has 0 aliphatic carbocycles. The van der Waals surface area contributed by atoms with E-state index >= 15 is 0 Å². The van der Waals surface area contributed by atoms with Gasteiger partial charge >= 0.3 is 17.6 Å². The van der Waals surface area contributed by atoms with Crippen LogP contribution in [0.4, 0.5) is 10.1 Å². The number of carbonyl (C=O) groups excluding carboxylic acids is 2. The van der Waals surface area contributed by atoms with E-state index in [0.717, 1.165) is 12.1 Å². The Kier molecular flexibility index (Phi) is 6.43. The highest BCUT2D eigenvalue weighted by molar-refractivity contribution is 5.95. The summed E-state index contributed by atoms with van der Waals surface area (Å²) in [5, 5.41) is 10.7. The number of nitro benzene ring substituents is 1. The van der Waals surface area contributed by atoms with Crippen LogP contribution < -0.4 is 0 Å². The minimum absolute atomic E-state index is 0.0817. The zero-order chi connectivity index (χ0) is 16.7. The molecule has 0 heterocycles. The number of ether oxygens (including phenoxy) is 2. The average Bonchev–Trinajstić information content (AvgIpc) is 2.46. The number of hydrogen-bond donors (Lipinski definition) is 0. The highest BCUT2D eigenvalue weighted by atomic mass is 19.1. The number of benzene rings is 1. The van der Waals surface area contributed by atoms with Gasteiger partial charge in [-0.1, -0.05) is 6.07 Å². The summed E-state index contributed by atoms with van der Waals surface area (Å²) in [6.45, 7) is 3.34. The van der Waals surface area contributed by atoms with Gasteiger partial charge in [0.2, 0.25) is 5.82 Å². The molecule has 0 spiro atoms. The molecular formula is C14H16FNO6. The van der Waals surface area contributed by atoms with Gasteiger partial charge in [0.05, 0.1) is 18.1 Å². The van der Waals surface area contributed by atoms with Crippen LogP contribution in [0, 0.1) is 21.8 Å². The van der Waals surface area contributed by atoms with Crippen molar-refractivity contribution < 1.29 is 28.4 Å². The molecule has 1 aromatic carbocycles. The lowest BCUT2D eigenvalue weighted by Gasteiger charge is -2.14. The molecular weight excluding hydrogens is 297 g/mol. The summed E-state index contributed by atoms with van der Waals surface area (Å²) >= 11 is 0. The second-order valence-electron chi connectivity index (χ2n) is 4.30. The van der Waals surface area contributed by atoms with E-state index in [1.54, 1.807) is 13.8 Å². The van der Waals surface area contributed by atoms with Gasteiger partial charge in [0.25, 0.3) is 0 Å². The van der Waals surface area contributed by atoms with Crippen LogP contribution in [-0.4, -0.2) is 30.1 Å². The van der Waals surface area contributed by atoms with Crippen molar-refractivity contribution in [3.05, 3.63) is 39.7 Å². The molecule has 0 bridgehead atoms. The van der Waals surface area contributed by atoms with Crippen molar-refractivity contribution in [1.29, 1.82) is 0 Å². The molecule has 120 valence electrons. The Morgan fingerprint density at radius 3 is 2.23 bits per heavy atom. The normalized spacial score (nSPS) is 10.4. The van der Waals surface area contributed by atoms with Gasteiger partial charge in [0.15, 0.2) is 5.92 Å². The highest BCUT2D eigenvalue weighted by Crippen LogP contribution is 2.21. The molecule has 0 aliphatic rings. The van der Waals surface area contributed by atoms with Crippen LogP contribution in [-0.2, 0) is 25.5 Å². The molecule has 0 saturated heterocycles. The summed E-state index contributed by atoms with van der Waals surface area (Å²) in [4.78, 5) is 33.5. The Morgan fingerprint density at radius 1 is 1.23 bits per heavy atom. The lowest BCUT2D eigenvalue weighted by Crippen LogP contribution is -2.30. The van der Waals surface area contributed by atoms with Gasteiger partial charge < -0.3 is 9.47 Å². The second-order valence-corrected chi connectivity index (χ2v) is 4.30. The van der Waals surface area contributed by atoms with Gasteiger partial charge in [-0.25, -0.2) is 0 Å². The van der Waals surface area contributed by atoms with Crippen molar-refractivity contribution in [3.63, 3.8) is 0 Å². The number of rotatable bonds is 7. The van der Waals surface area contributed by atoms with Crippen molar-refractivity contribution in [1.82, 2.24) is 0 Å². The van der Waals surface area contributed by atoms with Crippen molar-refractivity contribution in [2.24, 2.45) is 5.92 Å². The summed E-state index contributed by atoms with van der Waals surface area (Å²) in [6, 6.07) is 3.18. The Balaban J connectivity index is 3.03. The fourth-order valence-corrected chi connectivity index (χ4v) is 1.81.